The van der Waals surface area contributed by atoms with Gasteiger partial charge in [-0.15, -0.1) is 0 Å². The highest BCUT2D eigenvalue weighted by atomic mass is 16.3. The monoisotopic (exact) mass is 221 g/mol. The number of rotatable bonds is 2. The van der Waals surface area contributed by atoms with Gasteiger partial charge in [-0.2, -0.15) is 0 Å². The zero-order valence-corrected chi connectivity index (χ0v) is 9.52. The van der Waals surface area contributed by atoms with Gasteiger partial charge >= 0.3 is 0 Å². The second kappa shape index (κ2) is 4.18. The van der Waals surface area contributed by atoms with Crippen LogP contribution >= 0.6 is 0 Å². The summed E-state index contributed by atoms with van der Waals surface area (Å²) in [5, 5.41) is 13.4. The molecule has 0 bridgehead atoms. The van der Waals surface area contributed by atoms with Crippen LogP contribution in [0.15, 0.2) is 6.20 Å². The first kappa shape index (κ1) is 10.3. The zero-order valence-electron chi connectivity index (χ0n) is 9.52. The predicted molar refractivity (Wildman–Crippen MR) is 61.1 cm³/mol. The van der Waals surface area contributed by atoms with Gasteiger partial charge in [0.15, 0.2) is 0 Å². The predicted octanol–water partition coefficient (Wildman–Crippen LogP) is 1.00. The minimum Gasteiger partial charge on any atom is -0.387 e. The topological polar surface area (TPSA) is 50.1 Å². The van der Waals surface area contributed by atoms with Gasteiger partial charge in [-0.05, 0) is 32.2 Å². The van der Waals surface area contributed by atoms with Crippen molar-refractivity contribution in [1.82, 2.24) is 14.9 Å². The van der Waals surface area contributed by atoms with Crippen LogP contribution in [0, 0.1) is 0 Å². The van der Waals surface area contributed by atoms with E-state index in [1.807, 2.05) is 6.20 Å². The molecule has 88 valence electrons. The zero-order chi connectivity index (χ0) is 11.0. The Morgan fingerprint density at radius 2 is 2.38 bits per heavy atom. The van der Waals surface area contributed by atoms with Crippen molar-refractivity contribution in [3.8, 4) is 0 Å². The van der Waals surface area contributed by atoms with Crippen molar-refractivity contribution in [1.29, 1.82) is 0 Å². The van der Waals surface area contributed by atoms with Crippen LogP contribution in [0.25, 0.3) is 0 Å². The van der Waals surface area contributed by atoms with Gasteiger partial charge in [-0.1, -0.05) is 0 Å². The number of hydrogen-bond donors (Lipinski definition) is 2. The Morgan fingerprint density at radius 1 is 1.44 bits per heavy atom. The van der Waals surface area contributed by atoms with Gasteiger partial charge in [0.1, 0.15) is 5.82 Å². The van der Waals surface area contributed by atoms with E-state index in [0.29, 0.717) is 6.04 Å². The summed E-state index contributed by atoms with van der Waals surface area (Å²) in [5.74, 6) is 1.15. The van der Waals surface area contributed by atoms with Gasteiger partial charge < -0.3 is 15.0 Å². The van der Waals surface area contributed by atoms with Crippen molar-refractivity contribution in [2.45, 2.75) is 50.8 Å². The van der Waals surface area contributed by atoms with Crippen LogP contribution in [-0.4, -0.2) is 27.2 Å². The Balaban J connectivity index is 1.79. The molecule has 3 heterocycles. The number of aromatic nitrogens is 2. The molecule has 0 spiro atoms. The number of imidazole rings is 1. The Hall–Kier alpha value is -0.870. The van der Waals surface area contributed by atoms with E-state index < -0.39 is 0 Å². The third-order valence-electron chi connectivity index (χ3n) is 3.76. The molecular weight excluding hydrogens is 202 g/mol. The third-order valence-corrected chi connectivity index (χ3v) is 3.76. The van der Waals surface area contributed by atoms with Crippen molar-refractivity contribution in [2.24, 2.45) is 0 Å². The van der Waals surface area contributed by atoms with Crippen molar-refractivity contribution < 1.29 is 5.11 Å². The summed E-state index contributed by atoms with van der Waals surface area (Å²) in [5.41, 5.74) is 1.01. The lowest BCUT2D eigenvalue weighted by Crippen LogP contribution is -2.26. The Morgan fingerprint density at radius 3 is 3.19 bits per heavy atom. The average molecular weight is 221 g/mol. The van der Waals surface area contributed by atoms with Gasteiger partial charge in [-0.3, -0.25) is 0 Å². The van der Waals surface area contributed by atoms with E-state index in [4.69, 9.17) is 0 Å². The largest absolute Gasteiger partial charge is 0.387 e. The summed E-state index contributed by atoms with van der Waals surface area (Å²) in [6.07, 6.45) is 7.04. The van der Waals surface area contributed by atoms with Crippen molar-refractivity contribution in [2.75, 3.05) is 6.54 Å². The van der Waals surface area contributed by atoms with Crippen molar-refractivity contribution in [3.05, 3.63) is 17.7 Å². The molecule has 2 atom stereocenters. The molecule has 0 saturated carbocycles. The number of aliphatic hydroxyl groups excluding tert-OH is 1. The van der Waals surface area contributed by atoms with Crippen LogP contribution in [0.1, 0.15) is 43.3 Å². The molecule has 4 nitrogen and oxygen atoms in total. The van der Waals surface area contributed by atoms with E-state index in [1.54, 1.807) is 0 Å². The maximum absolute atomic E-state index is 9.86. The van der Waals surface area contributed by atoms with E-state index >= 15 is 0 Å². The molecular formula is C12H19N3O. The van der Waals surface area contributed by atoms with Crippen LogP contribution in [0.4, 0.5) is 0 Å². The van der Waals surface area contributed by atoms with Crippen LogP contribution in [0.2, 0.25) is 0 Å². The van der Waals surface area contributed by atoms with Gasteiger partial charge in [0.05, 0.1) is 18.0 Å². The molecule has 2 unspecified atom stereocenters. The number of fused-ring (bicyclic) bond motifs is 1. The standard InChI is InChI=1S/C12H19N3O/c16-11-4-2-6-15-10(11)8-14-12(15)7-9-3-1-5-13-9/h8-9,11,13,16H,1-7H2. The minimum absolute atomic E-state index is 0.300. The highest BCUT2D eigenvalue weighted by molar-refractivity contribution is 5.12. The van der Waals surface area contributed by atoms with Crippen LogP contribution < -0.4 is 5.32 Å². The van der Waals surface area contributed by atoms with Gasteiger partial charge in [-0.25, -0.2) is 4.98 Å². The first-order valence-electron chi connectivity index (χ1n) is 6.30. The first-order chi connectivity index (χ1) is 7.84. The summed E-state index contributed by atoms with van der Waals surface area (Å²) < 4.78 is 2.22. The van der Waals surface area contributed by atoms with Gasteiger partial charge in [0.25, 0.3) is 0 Å². The molecule has 3 rings (SSSR count). The van der Waals surface area contributed by atoms with E-state index in [-0.39, 0.29) is 6.10 Å². The Labute approximate surface area is 95.7 Å². The molecule has 2 aliphatic rings. The van der Waals surface area contributed by atoms with E-state index in [9.17, 15) is 5.11 Å². The molecule has 0 aromatic carbocycles. The SMILES string of the molecule is OC1CCCn2c1cnc2CC1CCCN1. The second-order valence-corrected chi connectivity index (χ2v) is 4.91. The summed E-state index contributed by atoms with van der Waals surface area (Å²) in [4.78, 5) is 4.47. The first-order valence-corrected chi connectivity index (χ1v) is 6.30. The van der Waals surface area contributed by atoms with Crippen LogP contribution in [-0.2, 0) is 13.0 Å². The molecule has 2 N–H and O–H groups in total. The molecule has 2 aliphatic heterocycles. The molecule has 1 fully saturated rings. The molecule has 1 aromatic heterocycles. The fourth-order valence-electron chi connectivity index (χ4n) is 2.86. The Bertz CT molecular complexity index is 368. The number of nitrogens with one attached hydrogen (secondary N) is 1. The number of hydrogen-bond acceptors (Lipinski definition) is 3. The second-order valence-electron chi connectivity index (χ2n) is 4.91. The molecule has 16 heavy (non-hydrogen) atoms. The maximum Gasteiger partial charge on any atom is 0.110 e. The van der Waals surface area contributed by atoms with Crippen LogP contribution in [0.3, 0.4) is 0 Å². The third kappa shape index (κ3) is 1.76. The summed E-state index contributed by atoms with van der Waals surface area (Å²) >= 11 is 0. The highest BCUT2D eigenvalue weighted by Crippen LogP contribution is 2.26. The number of aliphatic hydroxyl groups is 1. The smallest absolute Gasteiger partial charge is 0.110 e. The minimum atomic E-state index is -0.300. The molecule has 0 aliphatic carbocycles. The summed E-state index contributed by atoms with van der Waals surface area (Å²) in [6, 6.07) is 0.588. The van der Waals surface area contributed by atoms with Crippen LogP contribution in [0.5, 0.6) is 0 Å². The molecule has 0 radical (unpaired) electrons. The normalized spacial score (nSPS) is 29.3. The fraction of sp³-hybridized carbons (Fsp3) is 0.750. The molecule has 4 heteroatoms. The molecule has 1 aromatic rings. The fourth-order valence-corrected chi connectivity index (χ4v) is 2.86. The quantitative estimate of drug-likeness (QED) is 0.783. The lowest BCUT2D eigenvalue weighted by Gasteiger charge is -2.22. The number of nitrogens with zero attached hydrogens (tertiary/aromatic N) is 2. The van der Waals surface area contributed by atoms with Crippen molar-refractivity contribution in [3.63, 3.8) is 0 Å². The van der Waals surface area contributed by atoms with Crippen molar-refractivity contribution >= 4 is 0 Å². The average Bonchev–Trinajstić information content (AvgIpc) is 2.90. The molecule has 0 amide bonds. The molecule has 1 saturated heterocycles. The summed E-state index contributed by atoms with van der Waals surface area (Å²) in [6.45, 7) is 2.16. The lowest BCUT2D eigenvalue weighted by molar-refractivity contribution is 0.138. The van der Waals surface area contributed by atoms with E-state index in [2.05, 4.69) is 14.9 Å². The summed E-state index contributed by atoms with van der Waals surface area (Å²) in [7, 11) is 0. The highest BCUT2D eigenvalue weighted by Gasteiger charge is 2.23. The maximum atomic E-state index is 9.86. The van der Waals surface area contributed by atoms with E-state index in [0.717, 1.165) is 43.9 Å². The van der Waals surface area contributed by atoms with E-state index in [1.165, 1.54) is 12.8 Å². The lowest BCUT2D eigenvalue weighted by atomic mass is 10.1. The van der Waals surface area contributed by atoms with Gasteiger partial charge in [0, 0.05) is 19.0 Å². The van der Waals surface area contributed by atoms with Gasteiger partial charge in [0.2, 0.25) is 0 Å². The Kier molecular flexibility index (Phi) is 2.69.